The molecule has 0 aliphatic heterocycles. The van der Waals surface area contributed by atoms with Crippen LogP contribution in [0.3, 0.4) is 0 Å². The van der Waals surface area contributed by atoms with E-state index in [-0.39, 0.29) is 19.1 Å². The fourth-order valence-electron chi connectivity index (χ4n) is 3.18. The monoisotopic (exact) mass is 463 g/mol. The van der Waals surface area contributed by atoms with E-state index >= 15 is 0 Å². The molecule has 0 spiro atoms. The Kier molecular flexibility index (Phi) is 7.07. The fraction of sp³-hybridized carbons (Fsp3) is 0.250. The van der Waals surface area contributed by atoms with Crippen molar-refractivity contribution >= 4 is 11.6 Å². The molecule has 0 unspecified atom stereocenters. The molecule has 34 heavy (non-hydrogen) atoms. The third-order valence-corrected chi connectivity index (χ3v) is 4.95. The summed E-state index contributed by atoms with van der Waals surface area (Å²) in [6.45, 7) is 2.46. The largest absolute Gasteiger partial charge is 0.497 e. The fourth-order valence-corrected chi connectivity index (χ4v) is 3.18. The van der Waals surface area contributed by atoms with E-state index in [1.54, 1.807) is 36.9 Å². The molecule has 2 aromatic carbocycles. The normalized spacial score (nSPS) is 10.7. The highest BCUT2D eigenvalue weighted by Crippen LogP contribution is 2.32. The number of hydrogen-bond donors (Lipinski definition) is 1. The number of rotatable bonds is 10. The maximum Gasteiger partial charge on any atom is 0.258 e. The van der Waals surface area contributed by atoms with Crippen LogP contribution in [0.25, 0.3) is 17.0 Å². The first-order chi connectivity index (χ1) is 16.6. The third-order valence-electron chi connectivity index (χ3n) is 4.95. The molecule has 0 atom stereocenters. The van der Waals surface area contributed by atoms with Gasteiger partial charge < -0.3 is 24.3 Å². The Balaban J connectivity index is 1.34. The molecule has 176 valence electrons. The number of hydrogen-bond acceptors (Lipinski definition) is 8. The van der Waals surface area contributed by atoms with E-state index in [9.17, 15) is 4.79 Å². The minimum Gasteiger partial charge on any atom is -0.497 e. The Morgan fingerprint density at radius 2 is 1.74 bits per heavy atom. The van der Waals surface area contributed by atoms with Crippen molar-refractivity contribution in [3.63, 3.8) is 0 Å². The second-order valence-corrected chi connectivity index (χ2v) is 7.33. The van der Waals surface area contributed by atoms with Crippen molar-refractivity contribution in [1.82, 2.24) is 25.1 Å². The van der Waals surface area contributed by atoms with Crippen molar-refractivity contribution in [3.8, 4) is 34.5 Å². The number of methoxy groups -OCH3 is 2. The maximum absolute atomic E-state index is 12.0. The van der Waals surface area contributed by atoms with E-state index in [4.69, 9.17) is 18.9 Å². The summed E-state index contributed by atoms with van der Waals surface area (Å²) in [4.78, 5) is 12.0. The lowest BCUT2D eigenvalue weighted by atomic mass is 10.2. The minimum absolute atomic E-state index is 0.0684. The SMILES string of the molecule is COc1ccc(-c2nnc3ccc(OCCNC(=O)COc4ccc(C)cc4)nn23)c(OC)c1. The molecule has 10 nitrogen and oxygen atoms in total. The lowest BCUT2D eigenvalue weighted by molar-refractivity contribution is -0.123. The third kappa shape index (κ3) is 5.34. The van der Waals surface area contributed by atoms with E-state index in [1.807, 2.05) is 43.3 Å². The topological polar surface area (TPSA) is 109 Å². The van der Waals surface area contributed by atoms with Gasteiger partial charge >= 0.3 is 0 Å². The van der Waals surface area contributed by atoms with Gasteiger partial charge in [-0.2, -0.15) is 4.52 Å². The number of nitrogens with one attached hydrogen (secondary N) is 1. The van der Waals surface area contributed by atoms with Gasteiger partial charge in [0.1, 0.15) is 23.9 Å². The van der Waals surface area contributed by atoms with Crippen molar-refractivity contribution in [2.45, 2.75) is 6.92 Å². The van der Waals surface area contributed by atoms with Crippen LogP contribution in [-0.2, 0) is 4.79 Å². The summed E-state index contributed by atoms with van der Waals surface area (Å²) in [5.41, 5.74) is 2.39. The average Bonchev–Trinajstić information content (AvgIpc) is 3.29. The minimum atomic E-state index is -0.236. The van der Waals surface area contributed by atoms with Gasteiger partial charge in [-0.25, -0.2) is 0 Å². The van der Waals surface area contributed by atoms with Crippen molar-refractivity contribution in [2.75, 3.05) is 34.0 Å². The first-order valence-electron chi connectivity index (χ1n) is 10.6. The number of carbonyl (C=O) groups is 1. The van der Waals surface area contributed by atoms with E-state index in [2.05, 4.69) is 20.6 Å². The zero-order chi connectivity index (χ0) is 23.9. The second kappa shape index (κ2) is 10.5. The van der Waals surface area contributed by atoms with Gasteiger partial charge in [0, 0.05) is 12.1 Å². The molecule has 0 saturated heterocycles. The Morgan fingerprint density at radius 1 is 0.941 bits per heavy atom. The number of carbonyl (C=O) groups excluding carboxylic acids is 1. The Bertz CT molecular complexity index is 1270. The van der Waals surface area contributed by atoms with Crippen LogP contribution >= 0.6 is 0 Å². The van der Waals surface area contributed by atoms with Crippen LogP contribution in [0, 0.1) is 6.92 Å². The van der Waals surface area contributed by atoms with Crippen LogP contribution in [0.4, 0.5) is 0 Å². The van der Waals surface area contributed by atoms with Gasteiger partial charge in [-0.3, -0.25) is 4.79 Å². The number of nitrogens with zero attached hydrogens (tertiary/aromatic N) is 4. The van der Waals surface area contributed by atoms with Gasteiger partial charge in [0.2, 0.25) is 5.88 Å². The highest BCUT2D eigenvalue weighted by Gasteiger charge is 2.16. The summed E-state index contributed by atoms with van der Waals surface area (Å²) in [5, 5.41) is 15.6. The zero-order valence-electron chi connectivity index (χ0n) is 19.1. The quantitative estimate of drug-likeness (QED) is 0.358. The first-order valence-corrected chi connectivity index (χ1v) is 10.6. The van der Waals surface area contributed by atoms with Gasteiger partial charge in [0.05, 0.1) is 26.3 Å². The smallest absolute Gasteiger partial charge is 0.258 e. The molecule has 1 N–H and O–H groups in total. The molecule has 0 aliphatic rings. The van der Waals surface area contributed by atoms with Gasteiger partial charge in [-0.1, -0.05) is 17.7 Å². The highest BCUT2D eigenvalue weighted by atomic mass is 16.5. The van der Waals surface area contributed by atoms with Crippen LogP contribution in [0.1, 0.15) is 5.56 Å². The van der Waals surface area contributed by atoms with Crippen LogP contribution in [0.15, 0.2) is 54.6 Å². The van der Waals surface area contributed by atoms with E-state index in [1.165, 1.54) is 0 Å². The maximum atomic E-state index is 12.0. The number of fused-ring (bicyclic) bond motifs is 1. The van der Waals surface area contributed by atoms with Crippen molar-refractivity contribution < 1.29 is 23.7 Å². The van der Waals surface area contributed by atoms with Gasteiger partial charge in [0.25, 0.3) is 5.91 Å². The molecule has 4 aromatic rings. The summed E-state index contributed by atoms with van der Waals surface area (Å²) in [5.74, 6) is 2.52. The second-order valence-electron chi connectivity index (χ2n) is 7.33. The number of ether oxygens (including phenoxy) is 4. The molecule has 2 heterocycles. The van der Waals surface area contributed by atoms with E-state index < -0.39 is 0 Å². The number of aryl methyl sites for hydroxylation is 1. The molecule has 4 rings (SSSR count). The molecule has 1 amide bonds. The van der Waals surface area contributed by atoms with Crippen LogP contribution in [0.5, 0.6) is 23.1 Å². The summed E-state index contributed by atoms with van der Waals surface area (Å²) in [6, 6.07) is 16.4. The first kappa shape index (κ1) is 22.8. The molecule has 0 aliphatic carbocycles. The van der Waals surface area contributed by atoms with E-state index in [0.717, 1.165) is 5.56 Å². The van der Waals surface area contributed by atoms with Gasteiger partial charge in [-0.05, 0) is 37.3 Å². The number of benzene rings is 2. The van der Waals surface area contributed by atoms with Gasteiger partial charge in [0.15, 0.2) is 18.1 Å². The Morgan fingerprint density at radius 3 is 2.50 bits per heavy atom. The Hall–Kier alpha value is -4.34. The molecule has 2 aromatic heterocycles. The lowest BCUT2D eigenvalue weighted by Gasteiger charge is -2.10. The van der Waals surface area contributed by atoms with Crippen LogP contribution in [-0.4, -0.2) is 59.7 Å². The lowest BCUT2D eigenvalue weighted by Crippen LogP contribution is -2.32. The van der Waals surface area contributed by atoms with Crippen molar-refractivity contribution in [1.29, 1.82) is 0 Å². The number of aromatic nitrogens is 4. The van der Waals surface area contributed by atoms with E-state index in [0.29, 0.717) is 46.7 Å². The van der Waals surface area contributed by atoms with Crippen molar-refractivity contribution in [3.05, 3.63) is 60.2 Å². The van der Waals surface area contributed by atoms with Gasteiger partial charge in [-0.15, -0.1) is 15.3 Å². The predicted octanol–water partition coefficient (Wildman–Crippen LogP) is 2.69. The molecular weight excluding hydrogens is 438 g/mol. The molecule has 0 fully saturated rings. The average molecular weight is 463 g/mol. The Labute approximate surface area is 196 Å². The van der Waals surface area contributed by atoms with Crippen LogP contribution < -0.4 is 24.3 Å². The summed E-state index contributed by atoms with van der Waals surface area (Å²) in [6.07, 6.45) is 0. The van der Waals surface area contributed by atoms with Crippen molar-refractivity contribution in [2.24, 2.45) is 0 Å². The summed E-state index contributed by atoms with van der Waals surface area (Å²) >= 11 is 0. The summed E-state index contributed by atoms with van der Waals surface area (Å²) in [7, 11) is 3.16. The molecule has 0 bridgehead atoms. The molecule has 10 heteroatoms. The number of amides is 1. The standard InChI is InChI=1S/C24H25N5O5/c1-16-4-6-17(7-5-16)34-15-22(30)25-12-13-33-23-11-10-21-26-27-24(29(21)28-23)19-9-8-18(31-2)14-20(19)32-3/h4-11,14H,12-13,15H2,1-3H3,(H,25,30). The molecular formula is C24H25N5O5. The summed E-state index contributed by atoms with van der Waals surface area (Å²) < 4.78 is 23.5. The zero-order valence-corrected chi connectivity index (χ0v) is 19.1. The molecule has 0 radical (unpaired) electrons. The predicted molar refractivity (Wildman–Crippen MR) is 125 cm³/mol. The highest BCUT2D eigenvalue weighted by molar-refractivity contribution is 5.77. The molecule has 0 saturated carbocycles. The van der Waals surface area contributed by atoms with Crippen LogP contribution in [0.2, 0.25) is 0 Å².